The minimum atomic E-state index is -3.68. The highest BCUT2D eigenvalue weighted by molar-refractivity contribution is 7.98. The molecule has 0 unspecified atom stereocenters. The third-order valence-electron chi connectivity index (χ3n) is 2.69. The van der Waals surface area contributed by atoms with Gasteiger partial charge >= 0.3 is 0 Å². The first-order chi connectivity index (χ1) is 9.90. The van der Waals surface area contributed by atoms with Gasteiger partial charge in [0.1, 0.15) is 4.21 Å². The maximum atomic E-state index is 12.0. The predicted molar refractivity (Wildman–Crippen MR) is 85.1 cm³/mol. The number of thioether (sulfide) groups is 1. The fraction of sp³-hybridized carbons (Fsp3) is 0.154. The van der Waals surface area contributed by atoms with Gasteiger partial charge in [-0.05, 0) is 42.7 Å². The Morgan fingerprint density at radius 3 is 2.43 bits per heavy atom. The van der Waals surface area contributed by atoms with Crippen LogP contribution in [0.4, 0.5) is 0 Å². The highest BCUT2D eigenvalue weighted by Gasteiger charge is 2.12. The quantitative estimate of drug-likeness (QED) is 0.814. The molecule has 8 heteroatoms. The van der Waals surface area contributed by atoms with E-state index < -0.39 is 10.0 Å². The van der Waals surface area contributed by atoms with Crippen LogP contribution in [0, 0.1) is 0 Å². The number of rotatable bonds is 5. The van der Waals surface area contributed by atoms with Crippen molar-refractivity contribution in [1.29, 1.82) is 0 Å². The number of nitrogens with one attached hydrogen (secondary N) is 1. The van der Waals surface area contributed by atoms with Crippen LogP contribution in [0.1, 0.15) is 15.2 Å². The SMILES string of the molecule is CSc1ccc(C(=O)NCc2ccc(S(N)(=O)=O)s2)cc1. The Bertz CT molecular complexity index is 736. The van der Waals surface area contributed by atoms with Gasteiger partial charge in [0.25, 0.3) is 5.91 Å². The van der Waals surface area contributed by atoms with Crippen LogP contribution in [0.3, 0.4) is 0 Å². The summed E-state index contributed by atoms with van der Waals surface area (Å²) < 4.78 is 22.4. The summed E-state index contributed by atoms with van der Waals surface area (Å²) in [7, 11) is -3.68. The first-order valence-electron chi connectivity index (χ1n) is 5.94. The first kappa shape index (κ1) is 16.0. The highest BCUT2D eigenvalue weighted by Crippen LogP contribution is 2.20. The maximum absolute atomic E-state index is 12.0. The van der Waals surface area contributed by atoms with Crippen molar-refractivity contribution in [2.75, 3.05) is 6.26 Å². The molecule has 0 aliphatic heterocycles. The molecule has 1 amide bonds. The lowest BCUT2D eigenvalue weighted by Gasteiger charge is -2.04. The smallest absolute Gasteiger partial charge is 0.251 e. The summed E-state index contributed by atoms with van der Waals surface area (Å²) >= 11 is 2.66. The fourth-order valence-electron chi connectivity index (χ4n) is 1.62. The van der Waals surface area contributed by atoms with E-state index in [-0.39, 0.29) is 16.7 Å². The van der Waals surface area contributed by atoms with Gasteiger partial charge in [-0.1, -0.05) is 0 Å². The average Bonchev–Trinajstić information content (AvgIpc) is 2.94. The van der Waals surface area contributed by atoms with Gasteiger partial charge in [-0.2, -0.15) is 0 Å². The van der Waals surface area contributed by atoms with Crippen molar-refractivity contribution in [1.82, 2.24) is 5.32 Å². The van der Waals surface area contributed by atoms with Crippen LogP contribution in [0.25, 0.3) is 0 Å². The van der Waals surface area contributed by atoms with Crippen LogP contribution in [0.2, 0.25) is 0 Å². The molecule has 1 heterocycles. The van der Waals surface area contributed by atoms with E-state index in [1.54, 1.807) is 30.0 Å². The van der Waals surface area contributed by atoms with E-state index in [9.17, 15) is 13.2 Å². The Hall–Kier alpha value is -1.35. The standard InChI is InChI=1S/C13H14N2O3S3/c1-19-10-4-2-9(3-5-10)13(16)15-8-11-6-7-12(20-11)21(14,17)18/h2-7H,8H2,1H3,(H,15,16)(H2,14,17,18). The lowest BCUT2D eigenvalue weighted by atomic mass is 10.2. The van der Waals surface area contributed by atoms with E-state index in [4.69, 9.17) is 5.14 Å². The number of primary sulfonamides is 1. The monoisotopic (exact) mass is 342 g/mol. The molecule has 0 spiro atoms. The molecule has 2 aromatic rings. The van der Waals surface area contributed by atoms with Crippen LogP contribution in [-0.2, 0) is 16.6 Å². The minimum Gasteiger partial charge on any atom is -0.347 e. The molecule has 1 aromatic carbocycles. The number of sulfonamides is 1. The van der Waals surface area contributed by atoms with Crippen molar-refractivity contribution in [3.05, 3.63) is 46.8 Å². The van der Waals surface area contributed by atoms with Crippen molar-refractivity contribution >= 4 is 39.0 Å². The summed E-state index contributed by atoms with van der Waals surface area (Å²) in [6.45, 7) is 0.267. The van der Waals surface area contributed by atoms with E-state index in [0.717, 1.165) is 21.1 Å². The molecule has 0 atom stereocenters. The van der Waals surface area contributed by atoms with Crippen molar-refractivity contribution in [3.63, 3.8) is 0 Å². The summed E-state index contributed by atoms with van der Waals surface area (Å²) in [5, 5.41) is 7.78. The third kappa shape index (κ3) is 4.31. The Morgan fingerprint density at radius 1 is 1.24 bits per heavy atom. The second-order valence-corrected chi connectivity index (χ2v) is 8.01. The normalized spacial score (nSPS) is 11.3. The van der Waals surface area contributed by atoms with E-state index in [0.29, 0.717) is 5.56 Å². The zero-order valence-electron chi connectivity index (χ0n) is 11.2. The van der Waals surface area contributed by atoms with Gasteiger partial charge in [0.2, 0.25) is 10.0 Å². The van der Waals surface area contributed by atoms with E-state index >= 15 is 0 Å². The minimum absolute atomic E-state index is 0.0936. The molecule has 0 aliphatic rings. The van der Waals surface area contributed by atoms with Gasteiger partial charge in [0.05, 0.1) is 6.54 Å². The number of benzene rings is 1. The van der Waals surface area contributed by atoms with E-state index in [2.05, 4.69) is 5.32 Å². The van der Waals surface area contributed by atoms with Crippen LogP contribution in [0.15, 0.2) is 45.5 Å². The van der Waals surface area contributed by atoms with Gasteiger partial charge in [0.15, 0.2) is 0 Å². The molecule has 21 heavy (non-hydrogen) atoms. The number of nitrogens with two attached hydrogens (primary N) is 1. The number of hydrogen-bond donors (Lipinski definition) is 2. The van der Waals surface area contributed by atoms with Crippen LogP contribution in [-0.4, -0.2) is 20.6 Å². The maximum Gasteiger partial charge on any atom is 0.251 e. The zero-order chi connectivity index (χ0) is 15.5. The second kappa shape index (κ2) is 6.61. The zero-order valence-corrected chi connectivity index (χ0v) is 13.6. The van der Waals surface area contributed by atoms with Crippen molar-refractivity contribution in [2.24, 2.45) is 5.14 Å². The average molecular weight is 342 g/mol. The van der Waals surface area contributed by atoms with Gasteiger partial charge in [0, 0.05) is 15.3 Å². The lowest BCUT2D eigenvalue weighted by molar-refractivity contribution is 0.0951. The lowest BCUT2D eigenvalue weighted by Crippen LogP contribution is -2.22. The molecule has 1 aromatic heterocycles. The number of thiophene rings is 1. The van der Waals surface area contributed by atoms with Crippen molar-refractivity contribution < 1.29 is 13.2 Å². The fourth-order valence-corrected chi connectivity index (χ4v) is 3.74. The molecule has 0 saturated carbocycles. The predicted octanol–water partition coefficient (Wildman–Crippen LogP) is 2.05. The van der Waals surface area contributed by atoms with Crippen LogP contribution < -0.4 is 10.5 Å². The summed E-state index contributed by atoms with van der Waals surface area (Å²) in [5.74, 6) is -0.201. The molecule has 0 bridgehead atoms. The van der Waals surface area contributed by atoms with Gasteiger partial charge in [-0.15, -0.1) is 23.1 Å². The molecule has 0 fully saturated rings. The molecule has 112 valence electrons. The van der Waals surface area contributed by atoms with E-state index in [1.807, 2.05) is 18.4 Å². The topological polar surface area (TPSA) is 89.3 Å². The number of carbonyl (C=O) groups is 1. The molecule has 5 nitrogen and oxygen atoms in total. The Labute approximate surface area is 131 Å². The number of hydrogen-bond acceptors (Lipinski definition) is 5. The van der Waals surface area contributed by atoms with Crippen LogP contribution in [0.5, 0.6) is 0 Å². The summed E-state index contributed by atoms with van der Waals surface area (Å²) in [6, 6.07) is 10.3. The highest BCUT2D eigenvalue weighted by atomic mass is 32.2. The van der Waals surface area contributed by atoms with Gasteiger partial charge < -0.3 is 5.32 Å². The van der Waals surface area contributed by atoms with Gasteiger partial charge in [-0.25, -0.2) is 13.6 Å². The third-order valence-corrected chi connectivity index (χ3v) is 5.96. The summed E-state index contributed by atoms with van der Waals surface area (Å²) in [5.41, 5.74) is 0.566. The first-order valence-corrected chi connectivity index (χ1v) is 9.52. The van der Waals surface area contributed by atoms with Crippen LogP contribution >= 0.6 is 23.1 Å². The molecular formula is C13H14N2O3S3. The van der Waals surface area contributed by atoms with E-state index in [1.165, 1.54) is 6.07 Å². The largest absolute Gasteiger partial charge is 0.347 e. The molecule has 3 N–H and O–H groups in total. The van der Waals surface area contributed by atoms with Gasteiger partial charge in [-0.3, -0.25) is 4.79 Å². The molecular weight excluding hydrogens is 328 g/mol. The Morgan fingerprint density at radius 2 is 1.90 bits per heavy atom. The second-order valence-electron chi connectivity index (χ2n) is 4.18. The molecule has 0 aliphatic carbocycles. The van der Waals surface area contributed by atoms with Crippen molar-refractivity contribution in [2.45, 2.75) is 15.6 Å². The number of amides is 1. The summed E-state index contributed by atoms with van der Waals surface area (Å²) in [4.78, 5) is 13.8. The summed E-state index contributed by atoms with van der Waals surface area (Å²) in [6.07, 6.45) is 1.97. The Balaban J connectivity index is 1.99. The molecule has 2 rings (SSSR count). The van der Waals surface area contributed by atoms with Crippen molar-refractivity contribution in [3.8, 4) is 0 Å². The molecule has 0 radical (unpaired) electrons. The Kier molecular flexibility index (Phi) is 5.04. The number of carbonyl (C=O) groups excluding carboxylic acids is 1. The molecule has 0 saturated heterocycles.